The largest absolute Gasteiger partial charge is 0.299 e. The van der Waals surface area contributed by atoms with Crippen molar-refractivity contribution in [1.82, 2.24) is 5.06 Å². The molecular weight excluding hydrogens is 214 g/mol. The highest BCUT2D eigenvalue weighted by Gasteiger charge is 2.45. The maximum atomic E-state index is 11.2. The highest BCUT2D eigenvalue weighted by molar-refractivity contribution is 7.91. The molecule has 15 heavy (non-hydrogen) atoms. The lowest BCUT2D eigenvalue weighted by molar-refractivity contribution is -0.159. The van der Waals surface area contributed by atoms with E-state index >= 15 is 0 Å². The highest BCUT2D eigenvalue weighted by atomic mass is 32.2. The first-order valence-corrected chi connectivity index (χ1v) is 7.29. The minimum absolute atomic E-state index is 0.237. The minimum atomic E-state index is -2.78. The van der Waals surface area contributed by atoms with Gasteiger partial charge in [0.25, 0.3) is 0 Å². The van der Waals surface area contributed by atoms with E-state index in [0.29, 0.717) is 24.4 Å². The molecule has 1 saturated heterocycles. The van der Waals surface area contributed by atoms with Crippen LogP contribution in [0.4, 0.5) is 0 Å². The van der Waals surface area contributed by atoms with Crippen molar-refractivity contribution in [3.63, 3.8) is 0 Å². The second-order valence-electron chi connectivity index (χ2n) is 5.27. The molecule has 0 aromatic carbocycles. The molecule has 1 atom stereocenters. The zero-order valence-electron chi connectivity index (χ0n) is 9.40. The van der Waals surface area contributed by atoms with E-state index in [1.807, 2.05) is 0 Å². The molecule has 2 rings (SSSR count). The number of hydrogen-bond donors (Lipinski definition) is 0. The Hall–Kier alpha value is -0.130. The molecular formula is C10H19NO3S. The molecule has 1 heterocycles. The fourth-order valence-corrected chi connectivity index (χ4v) is 3.05. The van der Waals surface area contributed by atoms with Crippen molar-refractivity contribution in [2.45, 2.75) is 20.3 Å². The molecule has 4 nitrogen and oxygen atoms in total. The van der Waals surface area contributed by atoms with Gasteiger partial charge in [-0.3, -0.25) is 4.84 Å². The summed E-state index contributed by atoms with van der Waals surface area (Å²) in [4.78, 5) is 5.60. The van der Waals surface area contributed by atoms with Crippen molar-refractivity contribution in [3.05, 3.63) is 0 Å². The van der Waals surface area contributed by atoms with Gasteiger partial charge in [-0.05, 0) is 17.8 Å². The van der Waals surface area contributed by atoms with Gasteiger partial charge in [0.1, 0.15) is 0 Å². The molecule has 0 N–H and O–H groups in total. The van der Waals surface area contributed by atoms with Crippen LogP contribution in [0.2, 0.25) is 0 Å². The van der Waals surface area contributed by atoms with Gasteiger partial charge in [0.05, 0.1) is 18.1 Å². The van der Waals surface area contributed by atoms with Gasteiger partial charge >= 0.3 is 0 Å². The number of hydrogen-bond acceptors (Lipinski definition) is 4. The normalized spacial score (nSPS) is 33.9. The quantitative estimate of drug-likeness (QED) is 0.719. The summed E-state index contributed by atoms with van der Waals surface area (Å²) in [6, 6.07) is 0. The van der Waals surface area contributed by atoms with Crippen LogP contribution in [0.3, 0.4) is 0 Å². The topological polar surface area (TPSA) is 46.6 Å². The first kappa shape index (κ1) is 11.4. The molecule has 88 valence electrons. The Morgan fingerprint density at radius 2 is 1.87 bits per heavy atom. The molecule has 1 aliphatic heterocycles. The van der Waals surface area contributed by atoms with Crippen LogP contribution in [0.15, 0.2) is 0 Å². The van der Waals surface area contributed by atoms with E-state index in [1.54, 1.807) is 5.06 Å². The van der Waals surface area contributed by atoms with Gasteiger partial charge in [-0.1, -0.05) is 13.8 Å². The summed E-state index contributed by atoms with van der Waals surface area (Å²) in [6.45, 7) is 6.27. The summed E-state index contributed by atoms with van der Waals surface area (Å²) < 4.78 is 22.3. The molecule has 5 heteroatoms. The second-order valence-corrected chi connectivity index (χ2v) is 7.57. The molecule has 0 bridgehead atoms. The van der Waals surface area contributed by atoms with Gasteiger partial charge in [0.15, 0.2) is 9.84 Å². The highest BCUT2D eigenvalue weighted by Crippen LogP contribution is 2.51. The SMILES string of the molecule is CC1(C)CC1CON1CCS(=O)(=O)CC1. The molecule has 0 amide bonds. The van der Waals surface area contributed by atoms with E-state index in [4.69, 9.17) is 4.84 Å². The van der Waals surface area contributed by atoms with Gasteiger partial charge in [-0.25, -0.2) is 8.42 Å². The Balaban J connectivity index is 1.70. The molecule has 1 unspecified atom stereocenters. The first-order valence-electron chi connectivity index (χ1n) is 5.47. The van der Waals surface area contributed by atoms with E-state index in [1.165, 1.54) is 6.42 Å². The predicted octanol–water partition coefficient (Wildman–Crippen LogP) is 0.695. The molecule has 2 aliphatic rings. The standard InChI is InChI=1S/C10H19NO3S/c1-10(2)7-9(10)8-14-11-3-5-15(12,13)6-4-11/h9H,3-8H2,1-2H3. The lowest BCUT2D eigenvalue weighted by Crippen LogP contribution is -2.40. The van der Waals surface area contributed by atoms with Crippen LogP contribution in [-0.2, 0) is 14.7 Å². The summed E-state index contributed by atoms with van der Waals surface area (Å²) in [5.74, 6) is 1.12. The molecule has 2 fully saturated rings. The minimum Gasteiger partial charge on any atom is -0.299 e. The zero-order chi connectivity index (χ0) is 11.1. The number of nitrogens with zero attached hydrogens (tertiary/aromatic N) is 1. The van der Waals surface area contributed by atoms with Crippen LogP contribution in [0.1, 0.15) is 20.3 Å². The Kier molecular flexibility index (Phi) is 2.81. The van der Waals surface area contributed by atoms with Crippen molar-refractivity contribution >= 4 is 9.84 Å². The lowest BCUT2D eigenvalue weighted by atomic mass is 10.1. The van der Waals surface area contributed by atoms with E-state index in [0.717, 1.165) is 6.61 Å². The van der Waals surface area contributed by atoms with Crippen molar-refractivity contribution in [1.29, 1.82) is 0 Å². The lowest BCUT2D eigenvalue weighted by Gasteiger charge is -2.25. The van der Waals surface area contributed by atoms with Crippen molar-refractivity contribution < 1.29 is 13.3 Å². The summed E-state index contributed by atoms with van der Waals surface area (Å²) in [5, 5.41) is 1.80. The van der Waals surface area contributed by atoms with Gasteiger partial charge < -0.3 is 0 Å². The van der Waals surface area contributed by atoms with Crippen LogP contribution in [0.25, 0.3) is 0 Å². The third-order valence-corrected chi connectivity index (χ3v) is 5.09. The first-order chi connectivity index (χ1) is 6.89. The van der Waals surface area contributed by atoms with E-state index in [9.17, 15) is 8.42 Å². The monoisotopic (exact) mass is 233 g/mol. The van der Waals surface area contributed by atoms with Crippen molar-refractivity contribution in [2.75, 3.05) is 31.2 Å². The Labute approximate surface area is 91.5 Å². The molecule has 1 saturated carbocycles. The Bertz CT molecular complexity index is 323. The molecule has 0 aromatic rings. The third-order valence-electron chi connectivity index (χ3n) is 3.48. The van der Waals surface area contributed by atoms with Crippen molar-refractivity contribution in [3.8, 4) is 0 Å². The van der Waals surface area contributed by atoms with Crippen LogP contribution in [-0.4, -0.2) is 44.7 Å². The zero-order valence-corrected chi connectivity index (χ0v) is 10.2. The van der Waals surface area contributed by atoms with Gasteiger partial charge in [-0.2, -0.15) is 5.06 Å². The number of sulfone groups is 1. The van der Waals surface area contributed by atoms with E-state index in [-0.39, 0.29) is 11.5 Å². The summed E-state index contributed by atoms with van der Waals surface area (Å²) in [5.41, 5.74) is 0.432. The van der Waals surface area contributed by atoms with Crippen LogP contribution < -0.4 is 0 Å². The maximum absolute atomic E-state index is 11.2. The Morgan fingerprint density at radius 1 is 1.33 bits per heavy atom. The number of hydroxylamine groups is 2. The number of rotatable bonds is 3. The fraction of sp³-hybridized carbons (Fsp3) is 1.00. The summed E-state index contributed by atoms with van der Waals surface area (Å²) in [7, 11) is -2.78. The van der Waals surface area contributed by atoms with Gasteiger partial charge in [0, 0.05) is 13.1 Å². The second kappa shape index (κ2) is 3.71. The van der Waals surface area contributed by atoms with Crippen molar-refractivity contribution in [2.24, 2.45) is 11.3 Å². The van der Waals surface area contributed by atoms with E-state index in [2.05, 4.69) is 13.8 Å². The molecule has 1 aliphatic carbocycles. The Morgan fingerprint density at radius 3 is 2.33 bits per heavy atom. The van der Waals surface area contributed by atoms with Gasteiger partial charge in [-0.15, -0.1) is 0 Å². The average molecular weight is 233 g/mol. The van der Waals surface area contributed by atoms with Crippen LogP contribution in [0.5, 0.6) is 0 Å². The van der Waals surface area contributed by atoms with Gasteiger partial charge in [0.2, 0.25) is 0 Å². The van der Waals surface area contributed by atoms with Crippen LogP contribution in [0, 0.1) is 11.3 Å². The van der Waals surface area contributed by atoms with E-state index < -0.39 is 9.84 Å². The summed E-state index contributed by atoms with van der Waals surface area (Å²) in [6.07, 6.45) is 1.22. The molecule has 0 radical (unpaired) electrons. The molecule has 0 spiro atoms. The smallest absolute Gasteiger partial charge is 0.153 e. The maximum Gasteiger partial charge on any atom is 0.153 e. The summed E-state index contributed by atoms with van der Waals surface area (Å²) >= 11 is 0. The predicted molar refractivity (Wildman–Crippen MR) is 58.1 cm³/mol. The third kappa shape index (κ3) is 2.92. The average Bonchev–Trinajstić information content (AvgIpc) is 2.72. The van der Waals surface area contributed by atoms with Crippen LogP contribution >= 0.6 is 0 Å². The fourth-order valence-electron chi connectivity index (χ4n) is 1.88. The molecule has 0 aromatic heterocycles.